The minimum Gasteiger partial charge on any atom is -0.496 e. The molecule has 1 heterocycles. The topological polar surface area (TPSA) is 50.4 Å². The third kappa shape index (κ3) is 4.16. The van der Waals surface area contributed by atoms with Crippen molar-refractivity contribution in [1.29, 1.82) is 0 Å². The number of ether oxygens (including phenoxy) is 1. The van der Waals surface area contributed by atoms with Crippen molar-refractivity contribution in [3.05, 3.63) is 27.7 Å². The van der Waals surface area contributed by atoms with Crippen molar-refractivity contribution in [3.8, 4) is 5.75 Å². The molecule has 2 N–H and O–H groups in total. The molecule has 0 radical (unpaired) electrons. The van der Waals surface area contributed by atoms with Gasteiger partial charge in [0, 0.05) is 12.1 Å². The number of hydrogen-bond donors (Lipinski definition) is 2. The fourth-order valence-corrected chi connectivity index (χ4v) is 2.42. The number of rotatable bonds is 3. The molecule has 1 aliphatic heterocycles. The molecule has 20 heavy (non-hydrogen) atoms. The average molecular weight is 340 g/mol. The summed E-state index contributed by atoms with van der Waals surface area (Å²) in [5, 5.41) is 6.97. The van der Waals surface area contributed by atoms with Crippen molar-refractivity contribution in [1.82, 2.24) is 10.6 Å². The number of amides is 1. The van der Waals surface area contributed by atoms with Gasteiger partial charge in [0.25, 0.3) is 5.91 Å². The zero-order valence-electron chi connectivity index (χ0n) is 11.0. The number of benzene rings is 1. The fourth-order valence-electron chi connectivity index (χ4n) is 2.10. The first-order valence-electron chi connectivity index (χ1n) is 6.16. The van der Waals surface area contributed by atoms with Crippen LogP contribution in [0.1, 0.15) is 23.2 Å². The number of hydrogen-bond acceptors (Lipinski definition) is 3. The molecule has 0 saturated carbocycles. The highest BCUT2D eigenvalue weighted by molar-refractivity contribution is 6.42. The van der Waals surface area contributed by atoms with Crippen LogP contribution < -0.4 is 15.4 Å². The lowest BCUT2D eigenvalue weighted by molar-refractivity contribution is 0.0926. The highest BCUT2D eigenvalue weighted by atomic mass is 35.5. The summed E-state index contributed by atoms with van der Waals surface area (Å²) in [4.78, 5) is 12.2. The van der Waals surface area contributed by atoms with E-state index in [4.69, 9.17) is 27.9 Å². The van der Waals surface area contributed by atoms with Crippen LogP contribution >= 0.6 is 35.6 Å². The van der Waals surface area contributed by atoms with E-state index >= 15 is 0 Å². The summed E-state index contributed by atoms with van der Waals surface area (Å²) < 4.78 is 5.18. The van der Waals surface area contributed by atoms with E-state index in [0.29, 0.717) is 21.4 Å². The molecular formula is C13H17Cl3N2O2. The lowest BCUT2D eigenvalue weighted by atomic mass is 10.1. The Morgan fingerprint density at radius 2 is 1.90 bits per heavy atom. The molecule has 0 aromatic heterocycles. The Morgan fingerprint density at radius 3 is 2.50 bits per heavy atom. The van der Waals surface area contributed by atoms with Gasteiger partial charge in [-0.1, -0.05) is 23.2 Å². The van der Waals surface area contributed by atoms with Gasteiger partial charge in [-0.15, -0.1) is 12.4 Å². The maximum absolute atomic E-state index is 12.2. The lowest BCUT2D eigenvalue weighted by Crippen LogP contribution is -2.42. The molecule has 2 rings (SSSR count). The van der Waals surface area contributed by atoms with E-state index in [1.54, 1.807) is 12.1 Å². The minimum absolute atomic E-state index is 0. The van der Waals surface area contributed by atoms with Crippen LogP contribution in [-0.4, -0.2) is 32.1 Å². The van der Waals surface area contributed by atoms with Gasteiger partial charge in [-0.3, -0.25) is 4.79 Å². The van der Waals surface area contributed by atoms with E-state index in [1.165, 1.54) is 7.11 Å². The molecule has 4 nitrogen and oxygen atoms in total. The number of nitrogens with one attached hydrogen (secondary N) is 2. The van der Waals surface area contributed by atoms with E-state index in [0.717, 1.165) is 25.9 Å². The van der Waals surface area contributed by atoms with Gasteiger partial charge in [0.05, 0.1) is 22.7 Å². The Labute approximate surface area is 134 Å². The maximum Gasteiger partial charge on any atom is 0.255 e. The third-order valence-electron chi connectivity index (χ3n) is 3.16. The van der Waals surface area contributed by atoms with E-state index in [-0.39, 0.29) is 24.4 Å². The Balaban J connectivity index is 0.00000200. The van der Waals surface area contributed by atoms with Crippen LogP contribution in [-0.2, 0) is 0 Å². The molecular weight excluding hydrogens is 323 g/mol. The van der Waals surface area contributed by atoms with Crippen LogP contribution in [0.2, 0.25) is 10.0 Å². The van der Waals surface area contributed by atoms with E-state index in [1.807, 2.05) is 0 Å². The molecule has 0 atom stereocenters. The van der Waals surface area contributed by atoms with Gasteiger partial charge in [0.1, 0.15) is 5.75 Å². The standard InChI is InChI=1S/C13H16Cl2N2O2.ClH/c1-19-12-7-11(15)10(14)6-9(12)13(18)17-8-2-4-16-5-3-8;/h6-8,16H,2-5H2,1H3,(H,17,18);1H. The van der Waals surface area contributed by atoms with Crippen LogP contribution in [0.25, 0.3) is 0 Å². The minimum atomic E-state index is -0.178. The van der Waals surface area contributed by atoms with E-state index < -0.39 is 0 Å². The van der Waals surface area contributed by atoms with E-state index in [9.17, 15) is 4.79 Å². The molecule has 1 aromatic rings. The molecule has 112 valence electrons. The quantitative estimate of drug-likeness (QED) is 0.890. The van der Waals surface area contributed by atoms with Crippen LogP contribution in [0.4, 0.5) is 0 Å². The molecule has 1 aliphatic rings. The largest absolute Gasteiger partial charge is 0.496 e. The summed E-state index contributed by atoms with van der Waals surface area (Å²) in [6.07, 6.45) is 1.85. The normalized spacial score (nSPS) is 15.3. The summed E-state index contributed by atoms with van der Waals surface area (Å²) in [6, 6.07) is 3.29. The molecule has 1 aromatic carbocycles. The van der Waals surface area contributed by atoms with Gasteiger partial charge in [-0.25, -0.2) is 0 Å². The molecule has 1 saturated heterocycles. The van der Waals surface area contributed by atoms with Crippen molar-refractivity contribution in [2.45, 2.75) is 18.9 Å². The Kier molecular flexibility index (Phi) is 6.89. The first kappa shape index (κ1) is 17.4. The summed E-state index contributed by atoms with van der Waals surface area (Å²) in [5.74, 6) is 0.253. The van der Waals surface area contributed by atoms with Crippen molar-refractivity contribution in [2.75, 3.05) is 20.2 Å². The monoisotopic (exact) mass is 338 g/mol. The number of carbonyl (C=O) groups is 1. The molecule has 0 bridgehead atoms. The van der Waals surface area contributed by atoms with Crippen molar-refractivity contribution < 1.29 is 9.53 Å². The highest BCUT2D eigenvalue weighted by Gasteiger charge is 2.20. The zero-order valence-corrected chi connectivity index (χ0v) is 13.4. The first-order chi connectivity index (χ1) is 9.11. The number of methoxy groups -OCH3 is 1. The molecule has 0 spiro atoms. The highest BCUT2D eigenvalue weighted by Crippen LogP contribution is 2.30. The molecule has 0 aliphatic carbocycles. The maximum atomic E-state index is 12.2. The Hall–Kier alpha value is -0.680. The van der Waals surface area contributed by atoms with Gasteiger partial charge in [-0.2, -0.15) is 0 Å². The predicted molar refractivity (Wildman–Crippen MR) is 83.6 cm³/mol. The van der Waals surface area contributed by atoms with Crippen LogP contribution in [0.15, 0.2) is 12.1 Å². The second kappa shape index (κ2) is 7.93. The second-order valence-electron chi connectivity index (χ2n) is 4.46. The van der Waals surface area contributed by atoms with E-state index in [2.05, 4.69) is 10.6 Å². The Morgan fingerprint density at radius 1 is 1.30 bits per heavy atom. The molecule has 0 unspecified atom stereocenters. The van der Waals surface area contributed by atoms with Crippen LogP contribution in [0.5, 0.6) is 5.75 Å². The summed E-state index contributed by atoms with van der Waals surface area (Å²) in [5.41, 5.74) is 0.412. The predicted octanol–water partition coefficient (Wildman–Crippen LogP) is 2.91. The summed E-state index contributed by atoms with van der Waals surface area (Å²) >= 11 is 11.9. The summed E-state index contributed by atoms with van der Waals surface area (Å²) in [6.45, 7) is 1.84. The van der Waals surface area contributed by atoms with Crippen molar-refractivity contribution in [2.24, 2.45) is 0 Å². The molecule has 1 amide bonds. The van der Waals surface area contributed by atoms with Gasteiger partial charge >= 0.3 is 0 Å². The molecule has 1 fully saturated rings. The van der Waals surface area contributed by atoms with Crippen molar-refractivity contribution >= 4 is 41.5 Å². The fraction of sp³-hybridized carbons (Fsp3) is 0.462. The number of halogens is 3. The van der Waals surface area contributed by atoms with Gasteiger partial charge in [0.15, 0.2) is 0 Å². The van der Waals surface area contributed by atoms with Gasteiger partial charge in [0.2, 0.25) is 0 Å². The summed E-state index contributed by atoms with van der Waals surface area (Å²) in [7, 11) is 1.50. The number of piperidine rings is 1. The smallest absolute Gasteiger partial charge is 0.255 e. The SMILES string of the molecule is COc1cc(Cl)c(Cl)cc1C(=O)NC1CCNCC1.Cl. The van der Waals surface area contributed by atoms with Crippen LogP contribution in [0.3, 0.4) is 0 Å². The Bertz CT molecular complexity index is 477. The average Bonchev–Trinajstić information content (AvgIpc) is 2.42. The second-order valence-corrected chi connectivity index (χ2v) is 5.28. The number of carbonyl (C=O) groups excluding carboxylic acids is 1. The van der Waals surface area contributed by atoms with Crippen molar-refractivity contribution in [3.63, 3.8) is 0 Å². The zero-order chi connectivity index (χ0) is 13.8. The first-order valence-corrected chi connectivity index (χ1v) is 6.92. The molecule has 7 heteroatoms. The van der Waals surface area contributed by atoms with Gasteiger partial charge < -0.3 is 15.4 Å². The third-order valence-corrected chi connectivity index (χ3v) is 3.88. The lowest BCUT2D eigenvalue weighted by Gasteiger charge is -2.24. The van der Waals surface area contributed by atoms with Crippen LogP contribution in [0, 0.1) is 0 Å². The van der Waals surface area contributed by atoms with Gasteiger partial charge in [-0.05, 0) is 32.0 Å².